The van der Waals surface area contributed by atoms with Crippen LogP contribution in [0.25, 0.3) is 0 Å². The number of carbonyl (C=O) groups is 2. The molecule has 0 aliphatic heterocycles. The number of hydrogen-bond donors (Lipinski definition) is 1. The van der Waals surface area contributed by atoms with Crippen molar-refractivity contribution in [1.29, 1.82) is 0 Å². The largest absolute Gasteiger partial charge is 0.462 e. The molecule has 0 fully saturated rings. The Hall–Kier alpha value is -2.34. The minimum atomic E-state index is -0.402. The zero-order chi connectivity index (χ0) is 16.7. The Morgan fingerprint density at radius 1 is 1.13 bits per heavy atom. The van der Waals surface area contributed by atoms with Crippen LogP contribution in [0.15, 0.2) is 53.4 Å². The second-order valence-electron chi connectivity index (χ2n) is 4.57. The second kappa shape index (κ2) is 8.33. The summed E-state index contributed by atoms with van der Waals surface area (Å²) in [6, 6.07) is 12.7. The third kappa shape index (κ3) is 5.10. The van der Waals surface area contributed by atoms with E-state index < -0.39 is 5.97 Å². The van der Waals surface area contributed by atoms with Crippen molar-refractivity contribution in [2.45, 2.75) is 11.8 Å². The quantitative estimate of drug-likeness (QED) is 0.646. The van der Waals surface area contributed by atoms with E-state index in [4.69, 9.17) is 4.74 Å². The molecule has 0 bridgehead atoms. The molecule has 120 valence electrons. The van der Waals surface area contributed by atoms with Crippen molar-refractivity contribution < 1.29 is 18.7 Å². The highest BCUT2D eigenvalue weighted by Crippen LogP contribution is 2.21. The molecular weight excluding hydrogens is 317 g/mol. The lowest BCUT2D eigenvalue weighted by Crippen LogP contribution is -2.14. The number of hydrogen-bond acceptors (Lipinski definition) is 4. The summed E-state index contributed by atoms with van der Waals surface area (Å²) in [4.78, 5) is 23.8. The van der Waals surface area contributed by atoms with Gasteiger partial charge in [0.2, 0.25) is 5.91 Å². The van der Waals surface area contributed by atoms with E-state index in [0.717, 1.165) is 11.8 Å². The number of esters is 1. The van der Waals surface area contributed by atoms with Gasteiger partial charge in [-0.1, -0.05) is 12.1 Å². The van der Waals surface area contributed by atoms with Gasteiger partial charge >= 0.3 is 5.97 Å². The Bertz CT molecular complexity index is 688. The fourth-order valence-corrected chi connectivity index (χ4v) is 2.55. The van der Waals surface area contributed by atoms with Crippen LogP contribution in [0.4, 0.5) is 10.1 Å². The van der Waals surface area contributed by atoms with Crippen LogP contribution in [0.5, 0.6) is 0 Å². The lowest BCUT2D eigenvalue weighted by molar-refractivity contribution is -0.113. The van der Waals surface area contributed by atoms with E-state index in [1.165, 1.54) is 6.07 Å². The van der Waals surface area contributed by atoms with Gasteiger partial charge in [0.25, 0.3) is 0 Å². The predicted molar refractivity (Wildman–Crippen MR) is 88.2 cm³/mol. The molecule has 1 N–H and O–H groups in total. The summed E-state index contributed by atoms with van der Waals surface area (Å²) in [5, 5.41) is 2.70. The predicted octanol–water partition coefficient (Wildman–Crippen LogP) is 3.73. The monoisotopic (exact) mass is 333 g/mol. The topological polar surface area (TPSA) is 55.4 Å². The van der Waals surface area contributed by atoms with E-state index in [-0.39, 0.29) is 17.5 Å². The molecule has 23 heavy (non-hydrogen) atoms. The number of rotatable bonds is 6. The van der Waals surface area contributed by atoms with E-state index in [1.54, 1.807) is 49.4 Å². The van der Waals surface area contributed by atoms with E-state index in [1.807, 2.05) is 0 Å². The normalized spacial score (nSPS) is 10.2. The maximum Gasteiger partial charge on any atom is 0.338 e. The van der Waals surface area contributed by atoms with Gasteiger partial charge in [-0.05, 0) is 43.3 Å². The van der Waals surface area contributed by atoms with Crippen molar-refractivity contribution in [3.63, 3.8) is 0 Å². The SMILES string of the molecule is CCOC(=O)c1ccc(NC(=O)CSc2ccccc2F)cc1. The molecule has 0 heterocycles. The third-order valence-electron chi connectivity index (χ3n) is 2.88. The summed E-state index contributed by atoms with van der Waals surface area (Å²) >= 11 is 1.13. The summed E-state index contributed by atoms with van der Waals surface area (Å²) in [5.41, 5.74) is 0.989. The Balaban J connectivity index is 1.88. The summed E-state index contributed by atoms with van der Waals surface area (Å²) in [7, 11) is 0. The molecule has 4 nitrogen and oxygen atoms in total. The van der Waals surface area contributed by atoms with Gasteiger partial charge in [-0.25, -0.2) is 9.18 Å². The van der Waals surface area contributed by atoms with Crippen molar-refractivity contribution in [3.05, 3.63) is 59.9 Å². The highest BCUT2D eigenvalue weighted by molar-refractivity contribution is 8.00. The second-order valence-corrected chi connectivity index (χ2v) is 5.58. The van der Waals surface area contributed by atoms with Crippen molar-refractivity contribution in [1.82, 2.24) is 0 Å². The fraction of sp³-hybridized carbons (Fsp3) is 0.176. The Kier molecular flexibility index (Phi) is 6.17. The average Bonchev–Trinajstić information content (AvgIpc) is 2.55. The molecule has 0 radical (unpaired) electrons. The number of halogens is 1. The average molecular weight is 333 g/mol. The van der Waals surface area contributed by atoms with Crippen molar-refractivity contribution in [3.8, 4) is 0 Å². The zero-order valence-corrected chi connectivity index (χ0v) is 13.4. The molecule has 0 unspecified atom stereocenters. The Morgan fingerprint density at radius 2 is 1.83 bits per heavy atom. The van der Waals surface area contributed by atoms with E-state index in [9.17, 15) is 14.0 Å². The number of anilines is 1. The fourth-order valence-electron chi connectivity index (χ4n) is 1.81. The van der Waals surface area contributed by atoms with Crippen molar-refractivity contribution >= 4 is 29.3 Å². The number of thioether (sulfide) groups is 1. The van der Waals surface area contributed by atoms with Gasteiger partial charge in [-0.2, -0.15) is 0 Å². The first kappa shape index (κ1) is 17.0. The van der Waals surface area contributed by atoms with Crippen LogP contribution in [-0.4, -0.2) is 24.2 Å². The van der Waals surface area contributed by atoms with Gasteiger partial charge < -0.3 is 10.1 Å². The van der Waals surface area contributed by atoms with Crippen LogP contribution in [0.1, 0.15) is 17.3 Å². The molecule has 0 atom stereocenters. The number of carbonyl (C=O) groups excluding carboxylic acids is 2. The van der Waals surface area contributed by atoms with Crippen LogP contribution in [0.2, 0.25) is 0 Å². The molecule has 2 aromatic carbocycles. The number of ether oxygens (including phenoxy) is 1. The van der Waals surface area contributed by atoms with Gasteiger partial charge in [0.1, 0.15) is 5.82 Å². The van der Waals surface area contributed by atoms with Crippen molar-refractivity contribution in [2.75, 3.05) is 17.7 Å². The Morgan fingerprint density at radius 3 is 2.48 bits per heavy atom. The third-order valence-corrected chi connectivity index (χ3v) is 3.92. The molecule has 6 heteroatoms. The van der Waals surface area contributed by atoms with Gasteiger partial charge in [-0.15, -0.1) is 11.8 Å². The van der Waals surface area contributed by atoms with E-state index in [0.29, 0.717) is 22.8 Å². The van der Waals surface area contributed by atoms with E-state index >= 15 is 0 Å². The van der Waals surface area contributed by atoms with Gasteiger partial charge in [0.05, 0.1) is 17.9 Å². The number of amides is 1. The smallest absolute Gasteiger partial charge is 0.338 e. The van der Waals surface area contributed by atoms with Gasteiger partial charge in [0.15, 0.2) is 0 Å². The molecule has 2 rings (SSSR count). The molecule has 0 aliphatic rings. The molecule has 0 saturated carbocycles. The van der Waals surface area contributed by atoms with Crippen LogP contribution in [-0.2, 0) is 9.53 Å². The van der Waals surface area contributed by atoms with Crippen LogP contribution in [0.3, 0.4) is 0 Å². The molecule has 2 aromatic rings. The maximum absolute atomic E-state index is 13.5. The molecule has 0 aromatic heterocycles. The highest BCUT2D eigenvalue weighted by Gasteiger charge is 2.08. The first-order chi connectivity index (χ1) is 11.1. The lowest BCUT2D eigenvalue weighted by atomic mass is 10.2. The maximum atomic E-state index is 13.5. The summed E-state index contributed by atoms with van der Waals surface area (Å²) < 4.78 is 18.3. The van der Waals surface area contributed by atoms with Crippen molar-refractivity contribution in [2.24, 2.45) is 0 Å². The Labute approximate surface area is 138 Å². The highest BCUT2D eigenvalue weighted by atomic mass is 32.2. The van der Waals surface area contributed by atoms with E-state index in [2.05, 4.69) is 5.32 Å². The first-order valence-corrected chi connectivity index (χ1v) is 8.03. The molecule has 0 saturated heterocycles. The van der Waals surface area contributed by atoms with Crippen LogP contribution in [0, 0.1) is 5.82 Å². The van der Waals surface area contributed by atoms with Gasteiger partial charge in [-0.3, -0.25) is 4.79 Å². The van der Waals surface area contributed by atoms with Crippen LogP contribution >= 0.6 is 11.8 Å². The number of nitrogens with one attached hydrogen (secondary N) is 1. The molecular formula is C17H16FNO3S. The van der Waals surface area contributed by atoms with Gasteiger partial charge in [0, 0.05) is 10.6 Å². The minimum Gasteiger partial charge on any atom is -0.462 e. The molecule has 0 aliphatic carbocycles. The lowest BCUT2D eigenvalue weighted by Gasteiger charge is -2.07. The first-order valence-electron chi connectivity index (χ1n) is 7.04. The summed E-state index contributed by atoms with van der Waals surface area (Å²) in [6.45, 7) is 2.05. The number of benzene rings is 2. The standard InChI is InChI=1S/C17H16FNO3S/c1-2-22-17(21)12-7-9-13(10-8-12)19-16(20)11-23-15-6-4-3-5-14(15)18/h3-10H,2,11H2,1H3,(H,19,20). The summed E-state index contributed by atoms with van der Waals surface area (Å²) in [6.07, 6.45) is 0. The molecule has 0 spiro atoms. The van der Waals surface area contributed by atoms with Crippen LogP contribution < -0.4 is 5.32 Å². The minimum absolute atomic E-state index is 0.0978. The zero-order valence-electron chi connectivity index (χ0n) is 12.5. The summed E-state index contributed by atoms with van der Waals surface area (Å²) in [5.74, 6) is -0.896. The molecule has 1 amide bonds.